The molecule has 10 nitrogen and oxygen atoms in total. The number of methoxy groups -OCH3 is 1. The van der Waals surface area contributed by atoms with Crippen LogP contribution in [0.25, 0.3) is 0 Å². The zero-order valence-corrected chi connectivity index (χ0v) is 30.0. The van der Waals surface area contributed by atoms with Gasteiger partial charge in [0.2, 0.25) is 0 Å². The van der Waals surface area contributed by atoms with Crippen molar-refractivity contribution in [3.8, 4) is 5.75 Å². The molecule has 1 aromatic heterocycles. The number of nitrogens with one attached hydrogen (secondary N) is 1. The van der Waals surface area contributed by atoms with E-state index in [4.69, 9.17) is 9.47 Å². The number of hydrogen-bond acceptors (Lipinski definition) is 7. The highest BCUT2D eigenvalue weighted by molar-refractivity contribution is 7.92. The van der Waals surface area contributed by atoms with Crippen LogP contribution in [-0.4, -0.2) is 64.5 Å². The number of allylic oxidation sites excluding steroid dienone is 1. The second-order valence-electron chi connectivity index (χ2n) is 14.7. The first kappa shape index (κ1) is 35.3. The minimum absolute atomic E-state index is 0.105. The lowest BCUT2D eigenvalue weighted by molar-refractivity contribution is 0.0131. The summed E-state index contributed by atoms with van der Waals surface area (Å²) in [5.74, 6) is -0.722. The Morgan fingerprint density at radius 2 is 2.04 bits per heavy atom. The van der Waals surface area contributed by atoms with Gasteiger partial charge in [0.1, 0.15) is 15.7 Å². The largest absolute Gasteiger partial charge is 0.490 e. The fraction of sp³-hybridized carbons (Fsp3) is 0.500. The topological polar surface area (TPSA) is 115 Å². The predicted molar refractivity (Wildman–Crippen MR) is 191 cm³/mol. The van der Waals surface area contributed by atoms with Crippen molar-refractivity contribution in [3.63, 3.8) is 0 Å². The summed E-state index contributed by atoms with van der Waals surface area (Å²) < 4.78 is 60.3. The number of alkyl halides is 2. The van der Waals surface area contributed by atoms with Gasteiger partial charge in [-0.2, -0.15) is 13.9 Å². The molecule has 2 bridgehead atoms. The lowest BCUT2D eigenvalue weighted by Gasteiger charge is -2.46. The van der Waals surface area contributed by atoms with E-state index in [1.165, 1.54) is 16.7 Å². The summed E-state index contributed by atoms with van der Waals surface area (Å²) in [7, 11) is -1.98. The fourth-order valence-electron chi connectivity index (χ4n) is 8.29. The number of hydrogen-bond donors (Lipinski definition) is 1. The van der Waals surface area contributed by atoms with E-state index >= 15 is 0 Å². The molecule has 1 N–H and O–H groups in total. The van der Waals surface area contributed by atoms with Gasteiger partial charge in [-0.1, -0.05) is 42.8 Å². The van der Waals surface area contributed by atoms with E-state index in [1.807, 2.05) is 13.0 Å². The molecule has 1 fully saturated rings. The normalized spacial score (nSPS) is 29.9. The molecule has 51 heavy (non-hydrogen) atoms. The SMILES string of the molecule is CO[C@H]1/C=C/C[C@H](C)C[S@@](=O)(NC(=O)c2cnn(C(F)F)c2)=NC(=O)c2ccc3c(c2)N(C[C@@H]2CC[C@H]21)C[C@@]1(CCCc2cc(C)ccc21)CO3. The number of anilines is 1. The average molecular weight is 722 g/mol. The molecule has 0 saturated heterocycles. The van der Waals surface area contributed by atoms with Crippen LogP contribution in [0.4, 0.5) is 14.5 Å². The van der Waals surface area contributed by atoms with Crippen LogP contribution in [0.15, 0.2) is 65.3 Å². The monoisotopic (exact) mass is 721 g/mol. The Kier molecular flexibility index (Phi) is 9.79. The maximum Gasteiger partial charge on any atom is 0.333 e. The average Bonchev–Trinajstić information content (AvgIpc) is 3.53. The second kappa shape index (κ2) is 14.1. The summed E-state index contributed by atoms with van der Waals surface area (Å²) in [5.41, 5.74) is 4.44. The zero-order valence-electron chi connectivity index (χ0n) is 29.2. The van der Waals surface area contributed by atoms with Gasteiger partial charge in [0, 0.05) is 37.4 Å². The van der Waals surface area contributed by atoms with E-state index in [1.54, 1.807) is 25.3 Å². The molecule has 2 aliphatic heterocycles. The lowest BCUT2D eigenvalue weighted by Crippen LogP contribution is -2.49. The van der Waals surface area contributed by atoms with E-state index in [2.05, 4.69) is 50.3 Å². The quantitative estimate of drug-likeness (QED) is 0.300. The molecule has 3 heterocycles. The summed E-state index contributed by atoms with van der Waals surface area (Å²) in [6, 6.07) is 11.9. The molecule has 7 rings (SSSR count). The number of carbonyl (C=O) groups is 2. The van der Waals surface area contributed by atoms with Crippen LogP contribution in [0, 0.1) is 24.7 Å². The van der Waals surface area contributed by atoms with E-state index in [0.717, 1.165) is 56.7 Å². The van der Waals surface area contributed by atoms with E-state index in [0.29, 0.717) is 41.8 Å². The van der Waals surface area contributed by atoms with Gasteiger partial charge in [-0.3, -0.25) is 14.3 Å². The van der Waals surface area contributed by atoms with E-state index in [-0.39, 0.29) is 34.3 Å². The smallest absolute Gasteiger partial charge is 0.333 e. The molecular weight excluding hydrogens is 677 g/mol. The number of ether oxygens (including phenoxy) is 2. The first-order valence-electron chi connectivity index (χ1n) is 17.7. The fourth-order valence-corrected chi connectivity index (χ4v) is 10.2. The number of benzene rings is 2. The lowest BCUT2D eigenvalue weighted by atomic mass is 9.68. The number of rotatable bonds is 4. The van der Waals surface area contributed by atoms with Crippen LogP contribution in [-0.2, 0) is 26.5 Å². The molecule has 0 unspecified atom stereocenters. The molecular formula is C38H45F2N5O5S. The Balaban J connectivity index is 1.29. The summed E-state index contributed by atoms with van der Waals surface area (Å²) in [6.07, 6.45) is 11.5. The third-order valence-corrected chi connectivity index (χ3v) is 13.0. The third kappa shape index (κ3) is 7.19. The van der Waals surface area contributed by atoms with E-state index in [9.17, 15) is 22.6 Å². The molecule has 6 atom stereocenters. The highest BCUT2D eigenvalue weighted by Crippen LogP contribution is 2.47. The molecule has 3 aromatic rings. The minimum atomic E-state index is -3.71. The number of amides is 2. The van der Waals surface area contributed by atoms with Crippen molar-refractivity contribution in [2.45, 2.75) is 70.4 Å². The Morgan fingerprint density at radius 3 is 2.78 bits per heavy atom. The van der Waals surface area contributed by atoms with Gasteiger partial charge in [-0.05, 0) is 92.5 Å². The number of carbonyl (C=O) groups excluding carboxylic acids is 2. The Hall–Kier alpha value is -4.10. The van der Waals surface area contributed by atoms with Crippen LogP contribution < -0.4 is 14.4 Å². The second-order valence-corrected chi connectivity index (χ2v) is 16.7. The van der Waals surface area contributed by atoms with Gasteiger partial charge in [0.25, 0.3) is 11.8 Å². The summed E-state index contributed by atoms with van der Waals surface area (Å²) in [5, 5.41) is 3.51. The maximum atomic E-state index is 14.4. The van der Waals surface area contributed by atoms with Gasteiger partial charge in [0.05, 0.1) is 35.9 Å². The predicted octanol–water partition coefficient (Wildman–Crippen LogP) is 6.65. The molecule has 272 valence electrons. The Morgan fingerprint density at radius 1 is 1.20 bits per heavy atom. The van der Waals surface area contributed by atoms with Crippen molar-refractivity contribution in [2.24, 2.45) is 22.1 Å². The molecule has 0 radical (unpaired) electrons. The van der Waals surface area contributed by atoms with Crippen molar-refractivity contribution < 1.29 is 32.1 Å². The number of fused-ring (bicyclic) bond motifs is 4. The number of nitrogens with zero attached hydrogens (tertiary/aromatic N) is 4. The standard InChI is InChI=1S/C38H45F2N5O5S/c1-24-9-13-31-26(16-24)7-5-15-38(31)22-44-19-28-10-12-30(28)33(49-3)8-4-6-25(2)21-51(48,43-36(47)29-18-41-45(20-29)37(39)40)42-35(46)27-11-14-34(50-23-38)32(44)17-27/h4,8-9,11,13-14,16-18,20,25,28,30,33,37H,5-7,10,12,15,19,21-23H2,1-3H3,(H,42,43,46,47,48)/b8-4+/t25-,28-,30+,33-,38-,51-/m0/s1. The first-order valence-corrected chi connectivity index (χ1v) is 19.4. The van der Waals surface area contributed by atoms with Crippen LogP contribution in [0.5, 0.6) is 5.75 Å². The molecule has 2 aromatic carbocycles. The maximum absolute atomic E-state index is 14.4. The summed E-state index contributed by atoms with van der Waals surface area (Å²) in [6.45, 7) is 3.00. The van der Waals surface area contributed by atoms with Gasteiger partial charge in [-0.15, -0.1) is 4.36 Å². The molecule has 1 saturated carbocycles. The van der Waals surface area contributed by atoms with Crippen LogP contribution in [0.2, 0.25) is 0 Å². The Labute approximate surface area is 297 Å². The molecule has 1 spiro atoms. The van der Waals surface area contributed by atoms with Gasteiger partial charge < -0.3 is 14.4 Å². The molecule has 2 aliphatic carbocycles. The summed E-state index contributed by atoms with van der Waals surface area (Å²) >= 11 is 0. The molecule has 13 heteroatoms. The van der Waals surface area contributed by atoms with Crippen molar-refractivity contribution in [1.29, 1.82) is 0 Å². The third-order valence-electron chi connectivity index (χ3n) is 11.0. The van der Waals surface area contributed by atoms with Crippen molar-refractivity contribution in [2.75, 3.05) is 37.5 Å². The highest BCUT2D eigenvalue weighted by atomic mass is 32.2. The van der Waals surface area contributed by atoms with Gasteiger partial charge in [-0.25, -0.2) is 8.89 Å². The van der Waals surface area contributed by atoms with Gasteiger partial charge in [0.15, 0.2) is 0 Å². The number of aryl methyl sites for hydroxylation is 2. The number of aromatic nitrogens is 2. The molecule has 4 aliphatic rings. The Bertz CT molecular complexity index is 1970. The first-order chi connectivity index (χ1) is 24.5. The van der Waals surface area contributed by atoms with Crippen molar-refractivity contribution in [1.82, 2.24) is 14.5 Å². The number of halogens is 2. The van der Waals surface area contributed by atoms with Crippen molar-refractivity contribution in [3.05, 3.63) is 88.8 Å². The molecule has 2 amide bonds. The minimum Gasteiger partial charge on any atom is -0.490 e. The van der Waals surface area contributed by atoms with E-state index < -0.39 is 28.3 Å². The van der Waals surface area contributed by atoms with Gasteiger partial charge >= 0.3 is 6.55 Å². The summed E-state index contributed by atoms with van der Waals surface area (Å²) in [4.78, 5) is 29.5. The van der Waals surface area contributed by atoms with Crippen LogP contribution >= 0.6 is 0 Å². The van der Waals surface area contributed by atoms with Crippen molar-refractivity contribution >= 4 is 27.4 Å². The highest BCUT2D eigenvalue weighted by Gasteiger charge is 2.44. The van der Waals surface area contributed by atoms with Crippen LogP contribution in [0.1, 0.15) is 83.0 Å². The zero-order chi connectivity index (χ0) is 35.9. The van der Waals surface area contributed by atoms with Crippen LogP contribution in [0.3, 0.4) is 0 Å².